The van der Waals surface area contributed by atoms with E-state index in [-0.39, 0.29) is 22.7 Å². The van der Waals surface area contributed by atoms with Crippen LogP contribution in [0.3, 0.4) is 0 Å². The van der Waals surface area contributed by atoms with Crippen LogP contribution >= 0.6 is 23.5 Å². The lowest BCUT2D eigenvalue weighted by Crippen LogP contribution is -2.22. The van der Waals surface area contributed by atoms with Crippen molar-refractivity contribution in [1.29, 1.82) is 0 Å². The molecule has 0 radical (unpaired) electrons. The summed E-state index contributed by atoms with van der Waals surface area (Å²) in [6.07, 6.45) is 0. The Balaban J connectivity index is 0.820. The molecule has 5 aliphatic rings. The lowest BCUT2D eigenvalue weighted by Gasteiger charge is -2.27. The van der Waals surface area contributed by atoms with Crippen molar-refractivity contribution in [3.05, 3.63) is 246 Å². The zero-order chi connectivity index (χ0) is 47.0. The van der Waals surface area contributed by atoms with Crippen LogP contribution in [0.2, 0.25) is 0 Å². The maximum Gasteiger partial charge on any atom is 0.234 e. The van der Waals surface area contributed by atoms with Crippen molar-refractivity contribution >= 4 is 46.5 Å². The molecule has 1 aliphatic carbocycles. The van der Waals surface area contributed by atoms with Crippen molar-refractivity contribution in [1.82, 2.24) is 15.0 Å². The fraction of sp³-hybridized carbons (Fsp3) is 0.109. The Morgan fingerprint density at radius 2 is 0.803 bits per heavy atom. The van der Waals surface area contributed by atoms with Gasteiger partial charge in [0.05, 0.1) is 22.6 Å². The molecule has 4 aliphatic heterocycles. The van der Waals surface area contributed by atoms with E-state index >= 15 is 0 Å². The summed E-state index contributed by atoms with van der Waals surface area (Å²) in [6, 6.07) is 78.2. The third kappa shape index (κ3) is 6.25. The summed E-state index contributed by atoms with van der Waals surface area (Å²) in [6.45, 7) is 4.76. The zero-order valence-corrected chi connectivity index (χ0v) is 40.7. The van der Waals surface area contributed by atoms with E-state index in [9.17, 15) is 0 Å². The fourth-order valence-electron chi connectivity index (χ4n) is 12.2. The average molecular weight is 948 g/mol. The largest absolute Gasteiger partial charge is 0.332 e. The highest BCUT2D eigenvalue weighted by atomic mass is 32.2. The summed E-state index contributed by atoms with van der Waals surface area (Å²) in [5.74, 6) is 1.99. The second-order valence-electron chi connectivity index (χ2n) is 19.8. The minimum atomic E-state index is -0.130. The van der Waals surface area contributed by atoms with Gasteiger partial charge in [-0.25, -0.2) is 4.98 Å². The van der Waals surface area contributed by atoms with Crippen molar-refractivity contribution in [2.24, 2.45) is 0 Å². The molecule has 338 valence electrons. The molecule has 0 fully saturated rings. The van der Waals surface area contributed by atoms with Gasteiger partial charge in [-0.05, 0) is 127 Å². The van der Waals surface area contributed by atoms with E-state index in [0.29, 0.717) is 22.8 Å². The Hall–Kier alpha value is -7.71. The topological polar surface area (TPSA) is 45.2 Å². The van der Waals surface area contributed by atoms with Crippen molar-refractivity contribution < 1.29 is 0 Å². The van der Waals surface area contributed by atoms with E-state index in [4.69, 9.17) is 15.0 Å². The highest BCUT2D eigenvalue weighted by Crippen LogP contribution is 2.66. The predicted molar refractivity (Wildman–Crippen MR) is 292 cm³/mol. The number of fused-ring (bicyclic) bond motifs is 13. The van der Waals surface area contributed by atoms with E-state index in [1.165, 1.54) is 87.9 Å². The number of nitrogens with zero attached hydrogens (tertiary/aromatic N) is 5. The standard InChI is InChI=1S/C64H45N5S2/c1-64(2)51-30-26-40(42-28-32-53-49(36-42)59-57(45-22-12-14-24-55(45)70-59)68(53)44-20-10-5-11-21-44)34-47(51)48-35-41(27-31-52(48)64)43-29-33-54-50(37-43)60-58(46-23-13-15-25-56(46)71-60)69(54)63-66-61(38-16-6-3-7-17-38)65-62(67-63)39-18-8-4-9-19-39/h3-37,57-60H,1-2H3. The third-order valence-electron chi connectivity index (χ3n) is 15.6. The molecule has 4 atom stereocenters. The number of hydrogen-bond acceptors (Lipinski definition) is 7. The van der Waals surface area contributed by atoms with Crippen molar-refractivity contribution in [2.45, 2.75) is 51.6 Å². The monoisotopic (exact) mass is 947 g/mol. The second kappa shape index (κ2) is 15.6. The minimum Gasteiger partial charge on any atom is -0.332 e. The van der Waals surface area contributed by atoms with Crippen molar-refractivity contribution in [3.8, 4) is 56.2 Å². The van der Waals surface area contributed by atoms with E-state index in [1.54, 1.807) is 0 Å². The Bertz CT molecular complexity index is 3740. The van der Waals surface area contributed by atoms with Crippen LogP contribution in [0.15, 0.2) is 222 Å². The summed E-state index contributed by atoms with van der Waals surface area (Å²) < 4.78 is 0. The highest BCUT2D eigenvalue weighted by molar-refractivity contribution is 8.00. The molecule has 0 saturated heterocycles. The third-order valence-corrected chi connectivity index (χ3v) is 18.4. The smallest absolute Gasteiger partial charge is 0.234 e. The van der Waals surface area contributed by atoms with Gasteiger partial charge in [-0.2, -0.15) is 9.97 Å². The van der Waals surface area contributed by atoms with Crippen LogP contribution in [0.4, 0.5) is 23.0 Å². The SMILES string of the molecule is CC1(C)c2ccc(-c3ccc4c(c3)C3Sc5ccccc5C3N4c3ccccc3)cc2-c2cc(-c3ccc4c(c3)C3Sc5ccccc5C3N4c3nc(-c4ccccc4)nc(-c4ccccc4)n3)ccc21. The van der Waals surface area contributed by atoms with Crippen LogP contribution in [-0.4, -0.2) is 15.0 Å². The van der Waals surface area contributed by atoms with Crippen LogP contribution in [0.1, 0.15) is 69.8 Å². The molecule has 1 aromatic heterocycles. The number of thioether (sulfide) groups is 2. The van der Waals surface area contributed by atoms with Crippen LogP contribution < -0.4 is 9.80 Å². The first kappa shape index (κ1) is 41.1. The van der Waals surface area contributed by atoms with Gasteiger partial charge in [0.1, 0.15) is 0 Å². The Labute approximate surface area is 422 Å². The van der Waals surface area contributed by atoms with Crippen LogP contribution in [0.25, 0.3) is 56.2 Å². The molecule has 0 spiro atoms. The molecule has 5 nitrogen and oxygen atoms in total. The van der Waals surface area contributed by atoms with Gasteiger partial charge in [0, 0.05) is 43.4 Å². The van der Waals surface area contributed by atoms with E-state index in [2.05, 4.69) is 200 Å². The molecule has 0 bridgehead atoms. The average Bonchev–Trinajstić information content (AvgIpc) is 4.22. The van der Waals surface area contributed by atoms with E-state index in [0.717, 1.165) is 16.8 Å². The first-order valence-corrected chi connectivity index (χ1v) is 26.3. The fourth-order valence-corrected chi connectivity index (χ4v) is 15.2. The molecule has 10 aromatic rings. The molecule has 5 heterocycles. The highest BCUT2D eigenvalue weighted by Gasteiger charge is 2.48. The normalized spacial score (nSPS) is 19.1. The summed E-state index contributed by atoms with van der Waals surface area (Å²) in [4.78, 5) is 23.2. The van der Waals surface area contributed by atoms with Crippen LogP contribution in [0, 0.1) is 0 Å². The summed E-state index contributed by atoms with van der Waals surface area (Å²) >= 11 is 3.97. The van der Waals surface area contributed by atoms with E-state index < -0.39 is 0 Å². The van der Waals surface area contributed by atoms with Gasteiger partial charge in [0.25, 0.3) is 0 Å². The summed E-state index contributed by atoms with van der Waals surface area (Å²) in [7, 11) is 0. The molecule has 0 saturated carbocycles. The number of anilines is 4. The van der Waals surface area contributed by atoms with Gasteiger partial charge in [-0.1, -0.05) is 166 Å². The zero-order valence-electron chi connectivity index (χ0n) is 39.1. The quantitative estimate of drug-likeness (QED) is 0.165. The van der Waals surface area contributed by atoms with Gasteiger partial charge < -0.3 is 9.80 Å². The molecular formula is C64H45N5S2. The predicted octanol–water partition coefficient (Wildman–Crippen LogP) is 16.9. The number of hydrogen-bond donors (Lipinski definition) is 0. The number of aromatic nitrogens is 3. The van der Waals surface area contributed by atoms with Gasteiger partial charge in [0.2, 0.25) is 5.95 Å². The molecule has 7 heteroatoms. The van der Waals surface area contributed by atoms with Gasteiger partial charge in [-0.3, -0.25) is 0 Å². The van der Waals surface area contributed by atoms with Crippen LogP contribution in [-0.2, 0) is 5.41 Å². The minimum absolute atomic E-state index is 0.0244. The molecule has 0 N–H and O–H groups in total. The number of benzene rings is 9. The van der Waals surface area contributed by atoms with E-state index in [1.807, 2.05) is 59.9 Å². The summed E-state index contributed by atoms with van der Waals surface area (Å²) in [5, 5.41) is 0.483. The Kier molecular flexibility index (Phi) is 9.06. The number of para-hydroxylation sites is 1. The molecule has 0 amide bonds. The lowest BCUT2D eigenvalue weighted by atomic mass is 9.82. The summed E-state index contributed by atoms with van der Waals surface area (Å²) in [5.41, 5.74) is 21.2. The van der Waals surface area contributed by atoms with Crippen molar-refractivity contribution in [3.63, 3.8) is 0 Å². The maximum atomic E-state index is 5.27. The molecule has 9 aromatic carbocycles. The van der Waals surface area contributed by atoms with Gasteiger partial charge in [-0.15, -0.1) is 23.5 Å². The maximum absolute atomic E-state index is 5.27. The second-order valence-corrected chi connectivity index (χ2v) is 22.2. The lowest BCUT2D eigenvalue weighted by molar-refractivity contribution is 0.660. The first-order valence-electron chi connectivity index (χ1n) is 24.5. The molecular weight excluding hydrogens is 903 g/mol. The molecule has 71 heavy (non-hydrogen) atoms. The van der Waals surface area contributed by atoms with Crippen molar-refractivity contribution in [2.75, 3.05) is 9.80 Å². The molecule has 15 rings (SSSR count). The Morgan fingerprint density at radius 3 is 1.32 bits per heavy atom. The first-order chi connectivity index (χ1) is 34.9. The molecule has 4 unspecified atom stereocenters. The van der Waals surface area contributed by atoms with Gasteiger partial charge in [0.15, 0.2) is 11.6 Å². The van der Waals surface area contributed by atoms with Gasteiger partial charge >= 0.3 is 0 Å². The number of rotatable bonds is 6. The Morgan fingerprint density at radius 1 is 0.380 bits per heavy atom. The van der Waals surface area contributed by atoms with Crippen LogP contribution in [0.5, 0.6) is 0 Å².